The number of rotatable bonds is 4. The van der Waals surface area contributed by atoms with E-state index in [1.165, 1.54) is 5.01 Å². The lowest BCUT2D eigenvalue weighted by atomic mass is 9.68. The molecule has 1 saturated carbocycles. The van der Waals surface area contributed by atoms with Crippen LogP contribution in [-0.2, 0) is 14.3 Å². The highest BCUT2D eigenvalue weighted by molar-refractivity contribution is 6.08. The first-order valence-electron chi connectivity index (χ1n) is 7.73. The molecule has 1 fully saturated rings. The van der Waals surface area contributed by atoms with E-state index in [2.05, 4.69) is 5.10 Å². The van der Waals surface area contributed by atoms with Gasteiger partial charge in [0.25, 0.3) is 0 Å². The third-order valence-corrected chi connectivity index (χ3v) is 4.43. The molecule has 1 aliphatic heterocycles. The second-order valence-corrected chi connectivity index (χ2v) is 5.79. The summed E-state index contributed by atoms with van der Waals surface area (Å²) in [7, 11) is 0. The van der Waals surface area contributed by atoms with Crippen LogP contribution < -0.4 is 0 Å². The molecule has 1 amide bonds. The van der Waals surface area contributed by atoms with E-state index in [-0.39, 0.29) is 24.3 Å². The molecule has 0 radical (unpaired) electrons. The van der Waals surface area contributed by atoms with E-state index < -0.39 is 5.97 Å². The van der Waals surface area contributed by atoms with Gasteiger partial charge in [0.15, 0.2) is 0 Å². The van der Waals surface area contributed by atoms with E-state index in [4.69, 9.17) is 4.74 Å². The summed E-state index contributed by atoms with van der Waals surface area (Å²) in [5.74, 6) is -0.322. The van der Waals surface area contributed by atoms with Crippen LogP contribution in [0.5, 0.6) is 0 Å². The number of hydrazone groups is 1. The van der Waals surface area contributed by atoms with Gasteiger partial charge in [-0.15, -0.1) is 0 Å². The van der Waals surface area contributed by atoms with Crippen molar-refractivity contribution in [2.24, 2.45) is 16.9 Å². The van der Waals surface area contributed by atoms with Gasteiger partial charge in [-0.1, -0.05) is 24.3 Å². The number of benzene rings is 1. The number of carbonyl (C=O) groups excluding carboxylic acids is 2. The Bertz CT molecular complexity index is 639. The highest BCUT2D eigenvalue weighted by Crippen LogP contribution is 2.41. The first-order chi connectivity index (χ1) is 10.6. The molecule has 0 aromatic heterocycles. The van der Waals surface area contributed by atoms with Crippen molar-refractivity contribution >= 4 is 17.6 Å². The fourth-order valence-corrected chi connectivity index (χ4v) is 3.12. The van der Waals surface area contributed by atoms with E-state index in [0.29, 0.717) is 6.61 Å². The highest BCUT2D eigenvalue weighted by Gasteiger charge is 2.46. The van der Waals surface area contributed by atoms with Crippen LogP contribution in [0.3, 0.4) is 0 Å². The molecule has 116 valence electrons. The molecule has 5 heteroatoms. The first kappa shape index (κ1) is 14.8. The van der Waals surface area contributed by atoms with Crippen LogP contribution in [0.4, 0.5) is 0 Å². The summed E-state index contributed by atoms with van der Waals surface area (Å²) in [6, 6.07) is 8.03. The Morgan fingerprint density at radius 1 is 1.32 bits per heavy atom. The first-order valence-corrected chi connectivity index (χ1v) is 7.73. The summed E-state index contributed by atoms with van der Waals surface area (Å²) in [6.45, 7) is 3.99. The van der Waals surface area contributed by atoms with Gasteiger partial charge in [-0.05, 0) is 32.3 Å². The number of nitrogens with zero attached hydrogens (tertiary/aromatic N) is 2. The Hall–Kier alpha value is -2.17. The smallest absolute Gasteiger partial charge is 0.327 e. The maximum atomic E-state index is 12.4. The lowest BCUT2D eigenvalue weighted by Gasteiger charge is -2.42. The summed E-state index contributed by atoms with van der Waals surface area (Å²) in [5.41, 5.74) is 3.13. The van der Waals surface area contributed by atoms with Crippen molar-refractivity contribution in [3.8, 4) is 0 Å². The predicted molar refractivity (Wildman–Crippen MR) is 82.3 cm³/mol. The molecule has 1 aliphatic carbocycles. The molecule has 5 nitrogen and oxygen atoms in total. The van der Waals surface area contributed by atoms with E-state index >= 15 is 0 Å². The Kier molecular flexibility index (Phi) is 3.96. The number of carbonyl (C=O) groups is 2. The van der Waals surface area contributed by atoms with Crippen molar-refractivity contribution in [3.63, 3.8) is 0 Å². The van der Waals surface area contributed by atoms with Gasteiger partial charge in [-0.2, -0.15) is 5.10 Å². The average Bonchev–Trinajstić information content (AvgIpc) is 2.44. The Labute approximate surface area is 129 Å². The van der Waals surface area contributed by atoms with Crippen LogP contribution in [-0.4, -0.2) is 35.7 Å². The molecule has 2 atom stereocenters. The predicted octanol–water partition coefficient (Wildman–Crippen LogP) is 2.13. The molecule has 3 rings (SSSR count). The number of ether oxygens (including phenoxy) is 1. The third-order valence-electron chi connectivity index (χ3n) is 4.43. The van der Waals surface area contributed by atoms with Gasteiger partial charge in [0.05, 0.1) is 12.3 Å². The van der Waals surface area contributed by atoms with Crippen LogP contribution in [0.15, 0.2) is 29.4 Å². The van der Waals surface area contributed by atoms with Gasteiger partial charge in [-0.25, -0.2) is 5.01 Å². The molecule has 2 unspecified atom stereocenters. The zero-order valence-corrected chi connectivity index (χ0v) is 12.9. The summed E-state index contributed by atoms with van der Waals surface area (Å²) >= 11 is 0. The molecule has 22 heavy (non-hydrogen) atoms. The molecule has 1 heterocycles. The zero-order chi connectivity index (χ0) is 15.7. The van der Waals surface area contributed by atoms with Crippen molar-refractivity contribution < 1.29 is 14.3 Å². The van der Waals surface area contributed by atoms with Crippen molar-refractivity contribution in [1.29, 1.82) is 0 Å². The highest BCUT2D eigenvalue weighted by atomic mass is 16.5. The van der Waals surface area contributed by atoms with Gasteiger partial charge in [-0.3, -0.25) is 9.59 Å². The van der Waals surface area contributed by atoms with E-state index in [0.717, 1.165) is 29.7 Å². The van der Waals surface area contributed by atoms with Crippen molar-refractivity contribution in [1.82, 2.24) is 5.01 Å². The van der Waals surface area contributed by atoms with Crippen LogP contribution in [0, 0.1) is 18.8 Å². The van der Waals surface area contributed by atoms with Crippen LogP contribution in [0.1, 0.15) is 30.9 Å². The maximum absolute atomic E-state index is 12.4. The second-order valence-electron chi connectivity index (χ2n) is 5.79. The molecule has 1 aromatic rings. The van der Waals surface area contributed by atoms with Gasteiger partial charge in [0.2, 0.25) is 5.91 Å². The maximum Gasteiger partial charge on any atom is 0.327 e. The standard InChI is InChI=1S/C17H20N2O3/c1-3-22-15(20)10-19-17(21)14-9-8-13(14)16(18-19)12-7-5-4-6-11(12)2/h4-7,13-14H,3,8-10H2,1-2H3. The number of aryl methyl sites for hydroxylation is 1. The molecule has 2 aliphatic rings. The van der Waals surface area contributed by atoms with Gasteiger partial charge >= 0.3 is 5.97 Å². The van der Waals surface area contributed by atoms with Crippen molar-refractivity contribution in [2.45, 2.75) is 26.7 Å². The van der Waals surface area contributed by atoms with E-state index in [1.807, 2.05) is 31.2 Å². The quantitative estimate of drug-likeness (QED) is 0.800. The molecule has 0 spiro atoms. The molecule has 0 N–H and O–H groups in total. The van der Waals surface area contributed by atoms with Crippen molar-refractivity contribution in [3.05, 3.63) is 35.4 Å². The minimum Gasteiger partial charge on any atom is -0.465 e. The molecule has 0 bridgehead atoms. The number of amides is 1. The van der Waals surface area contributed by atoms with Crippen LogP contribution in [0.2, 0.25) is 0 Å². The topological polar surface area (TPSA) is 59.0 Å². The number of hydrogen-bond acceptors (Lipinski definition) is 4. The number of esters is 1. The molecular weight excluding hydrogens is 280 g/mol. The van der Waals surface area contributed by atoms with Gasteiger partial charge in [0, 0.05) is 17.4 Å². The minimum atomic E-state index is -0.415. The van der Waals surface area contributed by atoms with E-state index in [1.54, 1.807) is 6.92 Å². The summed E-state index contributed by atoms with van der Waals surface area (Å²) < 4.78 is 4.94. The average molecular weight is 300 g/mol. The second kappa shape index (κ2) is 5.91. The lowest BCUT2D eigenvalue weighted by Crippen LogP contribution is -2.51. The fourth-order valence-electron chi connectivity index (χ4n) is 3.12. The Morgan fingerprint density at radius 2 is 2.05 bits per heavy atom. The molecular formula is C17H20N2O3. The largest absolute Gasteiger partial charge is 0.465 e. The summed E-state index contributed by atoms with van der Waals surface area (Å²) in [4.78, 5) is 24.1. The minimum absolute atomic E-state index is 0.0402. The monoisotopic (exact) mass is 300 g/mol. The van der Waals surface area contributed by atoms with Crippen LogP contribution >= 0.6 is 0 Å². The number of hydrogen-bond donors (Lipinski definition) is 0. The Balaban J connectivity index is 1.92. The Morgan fingerprint density at radius 3 is 2.68 bits per heavy atom. The molecule has 0 saturated heterocycles. The zero-order valence-electron chi connectivity index (χ0n) is 12.9. The SMILES string of the molecule is CCOC(=O)CN1N=C(c2ccccc2C)C2CCC2C1=O. The number of fused-ring (bicyclic) bond motifs is 1. The van der Waals surface area contributed by atoms with Gasteiger partial charge < -0.3 is 4.74 Å². The third kappa shape index (κ3) is 2.51. The van der Waals surface area contributed by atoms with Crippen LogP contribution in [0.25, 0.3) is 0 Å². The van der Waals surface area contributed by atoms with E-state index in [9.17, 15) is 9.59 Å². The normalized spacial score (nSPS) is 23.5. The molecule has 1 aromatic carbocycles. The summed E-state index contributed by atoms with van der Waals surface area (Å²) in [5, 5.41) is 5.79. The fraction of sp³-hybridized carbons (Fsp3) is 0.471. The summed E-state index contributed by atoms with van der Waals surface area (Å²) in [6.07, 6.45) is 1.85. The van der Waals surface area contributed by atoms with Crippen molar-refractivity contribution in [2.75, 3.05) is 13.2 Å². The van der Waals surface area contributed by atoms with Gasteiger partial charge in [0.1, 0.15) is 6.54 Å². The lowest BCUT2D eigenvalue weighted by molar-refractivity contribution is -0.152.